The van der Waals surface area contributed by atoms with Crippen molar-refractivity contribution in [2.24, 2.45) is 0 Å². The fourth-order valence-corrected chi connectivity index (χ4v) is 3.68. The van der Waals surface area contributed by atoms with Gasteiger partial charge in [-0.25, -0.2) is 0 Å². The molecule has 0 aromatic heterocycles. The quantitative estimate of drug-likeness (QED) is 0.489. The molecule has 153 valence electrons. The Labute approximate surface area is 173 Å². The number of hydroxylamine groups is 2. The molecule has 4 rings (SSSR count). The van der Waals surface area contributed by atoms with Gasteiger partial charge in [0, 0.05) is 26.2 Å². The average Bonchev–Trinajstić information content (AvgIpc) is 3.15. The number of rotatable bonds is 8. The van der Waals surface area contributed by atoms with Gasteiger partial charge in [-0.1, -0.05) is 24.3 Å². The Balaban J connectivity index is 1.38. The molecule has 0 aliphatic carbocycles. The summed E-state index contributed by atoms with van der Waals surface area (Å²) in [5.41, 5.74) is 1.55. The van der Waals surface area contributed by atoms with Gasteiger partial charge >= 0.3 is 0 Å². The predicted octanol–water partition coefficient (Wildman–Crippen LogP) is 1.65. The third-order valence-electron chi connectivity index (χ3n) is 5.18. The molecule has 8 nitrogen and oxygen atoms in total. The smallest absolute Gasteiger partial charge is 0.261 e. The number of hydrogen-bond acceptors (Lipinski definition) is 6. The maximum atomic E-state index is 12.5. The summed E-state index contributed by atoms with van der Waals surface area (Å²) < 4.78 is 0. The number of carbonyl (C=O) groups excluding carboxylic acids is 4. The van der Waals surface area contributed by atoms with E-state index in [1.165, 1.54) is 14.9 Å². The van der Waals surface area contributed by atoms with Crippen LogP contribution in [-0.2, 0) is 4.84 Å². The van der Waals surface area contributed by atoms with Crippen molar-refractivity contribution >= 4 is 23.6 Å². The van der Waals surface area contributed by atoms with E-state index in [0.717, 1.165) is 0 Å². The molecule has 2 aromatic rings. The topological polar surface area (TPSA) is 87.2 Å². The molecule has 2 aromatic carbocycles. The molecule has 30 heavy (non-hydrogen) atoms. The van der Waals surface area contributed by atoms with Gasteiger partial charge in [-0.05, 0) is 31.2 Å². The Kier molecular flexibility index (Phi) is 5.43. The van der Waals surface area contributed by atoms with Crippen molar-refractivity contribution in [2.75, 3.05) is 32.8 Å². The SMILES string of the molecule is [CH2]CON(CCN1C(=O)c2ccccc2C1=O)CCN1C(=O)c2ccccc2C1=O. The van der Waals surface area contributed by atoms with Crippen LogP contribution in [0.15, 0.2) is 48.5 Å². The number of amides is 4. The van der Waals surface area contributed by atoms with Crippen molar-refractivity contribution in [3.8, 4) is 0 Å². The van der Waals surface area contributed by atoms with E-state index in [9.17, 15) is 19.2 Å². The lowest BCUT2D eigenvalue weighted by atomic mass is 10.1. The van der Waals surface area contributed by atoms with Crippen LogP contribution in [0.5, 0.6) is 0 Å². The molecular formula is C22H20N3O5. The molecule has 2 aliphatic rings. The first-order valence-electron chi connectivity index (χ1n) is 9.60. The highest BCUT2D eigenvalue weighted by atomic mass is 16.7. The van der Waals surface area contributed by atoms with Crippen LogP contribution in [0.2, 0.25) is 0 Å². The summed E-state index contributed by atoms with van der Waals surface area (Å²) in [6, 6.07) is 13.4. The molecule has 0 saturated carbocycles. The molecular weight excluding hydrogens is 386 g/mol. The van der Waals surface area contributed by atoms with Crippen molar-refractivity contribution < 1.29 is 24.0 Å². The molecule has 8 heteroatoms. The Hall–Kier alpha value is -3.36. The molecule has 0 atom stereocenters. The second kappa shape index (κ2) is 8.17. The molecule has 1 radical (unpaired) electrons. The Bertz CT molecular complexity index is 885. The highest BCUT2D eigenvalue weighted by molar-refractivity contribution is 6.22. The van der Waals surface area contributed by atoms with E-state index >= 15 is 0 Å². The maximum absolute atomic E-state index is 12.5. The minimum atomic E-state index is -0.342. The lowest BCUT2D eigenvalue weighted by Gasteiger charge is -2.25. The van der Waals surface area contributed by atoms with Crippen LogP contribution in [0.25, 0.3) is 0 Å². The van der Waals surface area contributed by atoms with Crippen LogP contribution in [-0.4, -0.2) is 71.3 Å². The van der Waals surface area contributed by atoms with Gasteiger partial charge in [0.1, 0.15) is 0 Å². The van der Waals surface area contributed by atoms with E-state index in [0.29, 0.717) is 22.3 Å². The largest absolute Gasteiger partial charge is 0.299 e. The third kappa shape index (κ3) is 3.40. The Morgan fingerprint density at radius 3 is 1.30 bits per heavy atom. The maximum Gasteiger partial charge on any atom is 0.261 e. The van der Waals surface area contributed by atoms with E-state index in [1.54, 1.807) is 48.5 Å². The number of benzene rings is 2. The van der Waals surface area contributed by atoms with Crippen LogP contribution in [0.1, 0.15) is 41.4 Å². The average molecular weight is 406 g/mol. The molecule has 2 heterocycles. The lowest BCUT2D eigenvalue weighted by molar-refractivity contribution is -0.150. The minimum absolute atomic E-state index is 0.120. The van der Waals surface area contributed by atoms with Gasteiger partial charge in [0.05, 0.1) is 28.9 Å². The second-order valence-electron chi connectivity index (χ2n) is 6.88. The molecule has 0 bridgehead atoms. The van der Waals surface area contributed by atoms with Crippen LogP contribution in [0.3, 0.4) is 0 Å². The van der Waals surface area contributed by atoms with Gasteiger partial charge in [0.2, 0.25) is 0 Å². The van der Waals surface area contributed by atoms with E-state index in [4.69, 9.17) is 4.84 Å². The first-order chi connectivity index (χ1) is 14.5. The van der Waals surface area contributed by atoms with Crippen LogP contribution < -0.4 is 0 Å². The number of carbonyl (C=O) groups is 4. The summed E-state index contributed by atoms with van der Waals surface area (Å²) in [5.74, 6) is -1.37. The Morgan fingerprint density at radius 2 is 1.00 bits per heavy atom. The van der Waals surface area contributed by atoms with Gasteiger partial charge in [0.15, 0.2) is 0 Å². The summed E-state index contributed by atoms with van der Waals surface area (Å²) in [7, 11) is 0. The number of nitrogens with zero attached hydrogens (tertiary/aromatic N) is 3. The van der Waals surface area contributed by atoms with Crippen LogP contribution in [0, 0.1) is 6.92 Å². The van der Waals surface area contributed by atoms with E-state index in [1.807, 2.05) is 0 Å². The fraction of sp³-hybridized carbons (Fsp3) is 0.227. The minimum Gasteiger partial charge on any atom is -0.299 e. The molecule has 4 amide bonds. The molecule has 0 fully saturated rings. The highest BCUT2D eigenvalue weighted by Gasteiger charge is 2.36. The molecule has 0 unspecified atom stereocenters. The normalized spacial score (nSPS) is 15.4. The van der Waals surface area contributed by atoms with Gasteiger partial charge < -0.3 is 0 Å². The first-order valence-corrected chi connectivity index (χ1v) is 9.60. The van der Waals surface area contributed by atoms with E-state index < -0.39 is 0 Å². The molecule has 0 N–H and O–H groups in total. The predicted molar refractivity (Wildman–Crippen MR) is 107 cm³/mol. The van der Waals surface area contributed by atoms with Crippen molar-refractivity contribution in [1.82, 2.24) is 14.9 Å². The van der Waals surface area contributed by atoms with Gasteiger partial charge in [-0.15, -0.1) is 0 Å². The number of imide groups is 2. The van der Waals surface area contributed by atoms with Gasteiger partial charge in [-0.2, -0.15) is 5.06 Å². The monoisotopic (exact) mass is 406 g/mol. The molecule has 0 spiro atoms. The number of hydrogen-bond donors (Lipinski definition) is 0. The van der Waals surface area contributed by atoms with Crippen molar-refractivity contribution in [3.63, 3.8) is 0 Å². The Morgan fingerprint density at radius 1 is 0.667 bits per heavy atom. The van der Waals surface area contributed by atoms with E-state index in [2.05, 4.69) is 6.92 Å². The molecule has 0 saturated heterocycles. The fourth-order valence-electron chi connectivity index (χ4n) is 3.68. The molecule has 2 aliphatic heterocycles. The standard InChI is InChI=1S/C22H20N3O5/c1-2-30-23(11-13-24-19(26)15-7-3-4-8-16(15)20(24)27)12-14-25-21(28)17-9-5-6-10-18(17)22(25)29/h3-10H,1-2,11-14H2. The van der Waals surface area contributed by atoms with Gasteiger partial charge in [-0.3, -0.25) is 33.8 Å². The number of fused-ring (bicyclic) bond motifs is 2. The summed E-state index contributed by atoms with van der Waals surface area (Å²) in [6.07, 6.45) is 0. The van der Waals surface area contributed by atoms with E-state index in [-0.39, 0.29) is 56.4 Å². The summed E-state index contributed by atoms with van der Waals surface area (Å²) >= 11 is 0. The zero-order chi connectivity index (χ0) is 21.3. The highest BCUT2D eigenvalue weighted by Crippen LogP contribution is 2.23. The van der Waals surface area contributed by atoms with Gasteiger partial charge in [0.25, 0.3) is 23.6 Å². The summed E-state index contributed by atoms with van der Waals surface area (Å²) in [6.45, 7) is 4.47. The van der Waals surface area contributed by atoms with Crippen molar-refractivity contribution in [1.29, 1.82) is 0 Å². The zero-order valence-corrected chi connectivity index (χ0v) is 16.2. The first kappa shape index (κ1) is 19.9. The van der Waals surface area contributed by atoms with Crippen LogP contribution in [0.4, 0.5) is 0 Å². The van der Waals surface area contributed by atoms with Crippen LogP contribution >= 0.6 is 0 Å². The second-order valence-corrected chi connectivity index (χ2v) is 6.88. The summed E-state index contributed by atoms with van der Waals surface area (Å²) in [5, 5.41) is 1.51. The lowest BCUT2D eigenvalue weighted by Crippen LogP contribution is -2.42. The van der Waals surface area contributed by atoms with Crippen molar-refractivity contribution in [3.05, 3.63) is 77.7 Å². The summed E-state index contributed by atoms with van der Waals surface area (Å²) in [4.78, 5) is 57.8. The third-order valence-corrected chi connectivity index (χ3v) is 5.18. The zero-order valence-electron chi connectivity index (χ0n) is 16.2. The van der Waals surface area contributed by atoms with Crippen molar-refractivity contribution in [2.45, 2.75) is 0 Å².